The number of fused-ring (bicyclic) bond motifs is 1. The number of benzene rings is 3. The van der Waals surface area contributed by atoms with E-state index < -0.39 is 21.9 Å². The fourth-order valence-electron chi connectivity index (χ4n) is 3.33. The Hall–Kier alpha value is -3.39. The molecule has 0 radical (unpaired) electrons. The first-order valence-electron chi connectivity index (χ1n) is 9.21. The van der Waals surface area contributed by atoms with Crippen molar-refractivity contribution >= 4 is 21.7 Å². The number of methoxy groups -OCH3 is 1. The fourth-order valence-corrected chi connectivity index (χ4v) is 4.89. The maximum Gasteiger partial charge on any atom is 0.339 e. The normalized spacial score (nSPS) is 15.1. The Morgan fingerprint density at radius 2 is 1.47 bits per heavy atom. The van der Waals surface area contributed by atoms with Crippen LogP contribution in [0.5, 0.6) is 5.75 Å². The number of anilines is 1. The Bertz CT molecular complexity index is 1180. The molecule has 3 aromatic carbocycles. The topological polar surface area (TPSA) is 66.9 Å². The molecule has 0 saturated carbocycles. The molecule has 0 bridgehead atoms. The van der Waals surface area contributed by atoms with Gasteiger partial charge in [0.05, 0.1) is 25.9 Å². The molecule has 4 rings (SSSR count). The maximum absolute atomic E-state index is 13.3. The molecule has 2 amide bonds. The number of ether oxygens (including phenoxy) is 1. The highest BCUT2D eigenvalue weighted by Gasteiger charge is 2.41. The molecule has 0 saturated heterocycles. The molecule has 0 N–H and O–H groups in total. The zero-order valence-corrected chi connectivity index (χ0v) is 17.0. The number of sulfonamides is 1. The van der Waals surface area contributed by atoms with Crippen LogP contribution in [-0.4, -0.2) is 25.9 Å². The number of carbonyl (C=O) groups is 1. The summed E-state index contributed by atoms with van der Waals surface area (Å²) in [7, 11) is -2.48. The highest BCUT2D eigenvalue weighted by Crippen LogP contribution is 2.36. The molecule has 0 aromatic heterocycles. The van der Waals surface area contributed by atoms with Crippen molar-refractivity contribution in [3.63, 3.8) is 0 Å². The highest BCUT2D eigenvalue weighted by atomic mass is 32.2. The number of urea groups is 1. The largest absolute Gasteiger partial charge is 0.497 e. The molecule has 0 atom stereocenters. The van der Waals surface area contributed by atoms with E-state index >= 15 is 0 Å². The second-order valence-electron chi connectivity index (χ2n) is 6.82. The van der Waals surface area contributed by atoms with E-state index in [1.165, 1.54) is 35.2 Å². The van der Waals surface area contributed by atoms with Gasteiger partial charge >= 0.3 is 6.03 Å². The zero-order chi connectivity index (χ0) is 21.3. The minimum atomic E-state index is -4.05. The molecule has 154 valence electrons. The van der Waals surface area contributed by atoms with E-state index in [1.54, 1.807) is 37.4 Å². The maximum atomic E-state index is 13.3. The van der Waals surface area contributed by atoms with Gasteiger partial charge in [0.25, 0.3) is 10.0 Å². The summed E-state index contributed by atoms with van der Waals surface area (Å²) in [6.45, 7) is 0.00414. The second kappa shape index (κ2) is 7.79. The van der Waals surface area contributed by atoms with Gasteiger partial charge in [0.2, 0.25) is 0 Å². The van der Waals surface area contributed by atoms with Gasteiger partial charge in [-0.1, -0.05) is 36.4 Å². The average molecular weight is 426 g/mol. The lowest BCUT2D eigenvalue weighted by molar-refractivity contribution is 0.226. The van der Waals surface area contributed by atoms with Crippen molar-refractivity contribution < 1.29 is 22.3 Å². The van der Waals surface area contributed by atoms with Crippen LogP contribution in [0.15, 0.2) is 77.7 Å². The smallest absolute Gasteiger partial charge is 0.339 e. The Morgan fingerprint density at radius 1 is 0.867 bits per heavy atom. The molecular weight excluding hydrogens is 407 g/mol. The molecule has 0 unspecified atom stereocenters. The molecule has 1 heterocycles. The first-order valence-corrected chi connectivity index (χ1v) is 10.6. The van der Waals surface area contributed by atoms with Gasteiger partial charge in [-0.25, -0.2) is 21.9 Å². The summed E-state index contributed by atoms with van der Waals surface area (Å²) in [6.07, 6.45) is 0. The van der Waals surface area contributed by atoms with Crippen molar-refractivity contribution in [3.8, 4) is 5.75 Å². The van der Waals surface area contributed by atoms with E-state index in [4.69, 9.17) is 4.74 Å². The Labute approximate surface area is 174 Å². The first-order chi connectivity index (χ1) is 14.4. The molecular formula is C22H19FN2O4S. The average Bonchev–Trinajstić information content (AvgIpc) is 2.76. The second-order valence-corrected chi connectivity index (χ2v) is 8.65. The Kier molecular flexibility index (Phi) is 5.17. The van der Waals surface area contributed by atoms with E-state index in [2.05, 4.69) is 0 Å². The van der Waals surface area contributed by atoms with E-state index in [1.807, 2.05) is 12.1 Å². The summed E-state index contributed by atoms with van der Waals surface area (Å²) in [5.41, 5.74) is 1.66. The predicted octanol–water partition coefficient (Wildman–Crippen LogP) is 4.17. The number of hydrogen-bond acceptors (Lipinski definition) is 4. The van der Waals surface area contributed by atoms with Crippen LogP contribution in [0.25, 0.3) is 0 Å². The van der Waals surface area contributed by atoms with Crippen LogP contribution >= 0.6 is 0 Å². The summed E-state index contributed by atoms with van der Waals surface area (Å²) in [5.74, 6) is 0.252. The standard InChI is InChI=1S/C22H19FN2O4S/c1-29-19-12-8-16(9-13-19)14-24-20-4-2-3-5-21(20)30(27,28)25(22(24)26)15-17-6-10-18(23)11-7-17/h2-13H,14-15H2,1H3. The molecule has 0 fully saturated rings. The number of rotatable bonds is 5. The van der Waals surface area contributed by atoms with Gasteiger partial charge in [-0.3, -0.25) is 4.90 Å². The quantitative estimate of drug-likeness (QED) is 0.614. The van der Waals surface area contributed by atoms with Gasteiger partial charge in [0.15, 0.2) is 0 Å². The van der Waals surface area contributed by atoms with Crippen LogP contribution in [0, 0.1) is 5.82 Å². The van der Waals surface area contributed by atoms with Crippen molar-refractivity contribution in [1.29, 1.82) is 0 Å². The fraction of sp³-hybridized carbons (Fsp3) is 0.136. The lowest BCUT2D eigenvalue weighted by Crippen LogP contribution is -2.49. The van der Waals surface area contributed by atoms with Gasteiger partial charge in [0, 0.05) is 0 Å². The highest BCUT2D eigenvalue weighted by molar-refractivity contribution is 7.90. The third kappa shape index (κ3) is 3.61. The van der Waals surface area contributed by atoms with Crippen molar-refractivity contribution in [3.05, 3.63) is 89.7 Å². The van der Waals surface area contributed by atoms with E-state index in [9.17, 15) is 17.6 Å². The summed E-state index contributed by atoms with van der Waals surface area (Å²) < 4.78 is 45.5. The summed E-state index contributed by atoms with van der Waals surface area (Å²) in [5, 5.41) is 0. The lowest BCUT2D eigenvalue weighted by atomic mass is 10.2. The van der Waals surface area contributed by atoms with Gasteiger partial charge in [-0.15, -0.1) is 0 Å². The monoisotopic (exact) mass is 426 g/mol. The van der Waals surface area contributed by atoms with Crippen LogP contribution in [-0.2, 0) is 23.1 Å². The molecule has 30 heavy (non-hydrogen) atoms. The van der Waals surface area contributed by atoms with Gasteiger partial charge in [-0.2, -0.15) is 0 Å². The third-order valence-corrected chi connectivity index (χ3v) is 6.67. The van der Waals surface area contributed by atoms with Crippen molar-refractivity contribution in [1.82, 2.24) is 4.31 Å². The number of hydrogen-bond donors (Lipinski definition) is 0. The van der Waals surface area contributed by atoms with Gasteiger partial charge in [0.1, 0.15) is 16.5 Å². The van der Waals surface area contributed by atoms with Gasteiger partial charge < -0.3 is 4.74 Å². The van der Waals surface area contributed by atoms with Crippen LogP contribution in [0.4, 0.5) is 14.9 Å². The first kappa shape index (κ1) is 19.9. The molecule has 1 aliphatic rings. The van der Waals surface area contributed by atoms with Crippen LogP contribution in [0.3, 0.4) is 0 Å². The minimum Gasteiger partial charge on any atom is -0.497 e. The van der Waals surface area contributed by atoms with Crippen molar-refractivity contribution in [2.45, 2.75) is 18.0 Å². The number of para-hydroxylation sites is 1. The SMILES string of the molecule is COc1ccc(CN2C(=O)N(Cc3ccc(F)cc3)S(=O)(=O)c3ccccc32)cc1. The van der Waals surface area contributed by atoms with E-state index in [0.717, 1.165) is 9.87 Å². The number of carbonyl (C=O) groups excluding carboxylic acids is 1. The summed E-state index contributed by atoms with van der Waals surface area (Å²) in [4.78, 5) is 14.8. The lowest BCUT2D eigenvalue weighted by Gasteiger charge is -2.36. The third-order valence-electron chi connectivity index (χ3n) is 4.91. The summed E-state index contributed by atoms with van der Waals surface area (Å²) >= 11 is 0. The zero-order valence-electron chi connectivity index (χ0n) is 16.2. The molecule has 3 aromatic rings. The number of halogens is 1. The molecule has 8 heteroatoms. The summed E-state index contributed by atoms with van der Waals surface area (Å²) in [6, 6.07) is 18.4. The van der Waals surface area contributed by atoms with Gasteiger partial charge in [-0.05, 0) is 47.5 Å². The molecule has 0 spiro atoms. The molecule has 6 nitrogen and oxygen atoms in total. The Balaban J connectivity index is 1.73. The van der Waals surface area contributed by atoms with Crippen molar-refractivity contribution in [2.75, 3.05) is 12.0 Å². The van der Waals surface area contributed by atoms with Crippen LogP contribution in [0.2, 0.25) is 0 Å². The predicted molar refractivity (Wildman–Crippen MR) is 110 cm³/mol. The Morgan fingerprint density at radius 3 is 2.13 bits per heavy atom. The van der Waals surface area contributed by atoms with E-state index in [-0.39, 0.29) is 18.0 Å². The van der Waals surface area contributed by atoms with Crippen LogP contribution < -0.4 is 9.64 Å². The molecule has 1 aliphatic heterocycles. The van der Waals surface area contributed by atoms with Crippen LogP contribution in [0.1, 0.15) is 11.1 Å². The minimum absolute atomic E-state index is 0.0558. The van der Waals surface area contributed by atoms with E-state index in [0.29, 0.717) is 17.0 Å². The molecule has 0 aliphatic carbocycles. The number of nitrogens with zero attached hydrogens (tertiary/aromatic N) is 2. The number of amides is 2. The van der Waals surface area contributed by atoms with Crippen molar-refractivity contribution in [2.24, 2.45) is 0 Å².